The fraction of sp³-hybridized carbons (Fsp3) is 0.538. The lowest BCUT2D eigenvalue weighted by Gasteiger charge is -2.32. The highest BCUT2D eigenvalue weighted by atomic mass is 35.5. The molecule has 2 aromatic heterocycles. The highest BCUT2D eigenvalue weighted by Crippen LogP contribution is 2.37. The molecule has 3 rings (SSSR count). The van der Waals surface area contributed by atoms with Crippen molar-refractivity contribution >= 4 is 29.8 Å². The number of halogens is 3. The quantitative estimate of drug-likeness (QED) is 0.795. The van der Waals surface area contributed by atoms with E-state index in [1.165, 1.54) is 16.9 Å². The van der Waals surface area contributed by atoms with Gasteiger partial charge in [-0.15, -0.1) is 0 Å². The van der Waals surface area contributed by atoms with Crippen molar-refractivity contribution in [1.82, 2.24) is 14.6 Å². The first-order chi connectivity index (χ1) is 10.1. The molecule has 9 heteroatoms. The second kappa shape index (κ2) is 4.87. The van der Waals surface area contributed by atoms with Crippen molar-refractivity contribution in [1.29, 1.82) is 0 Å². The molecular weight excluding hydrogens is 314 g/mol. The third-order valence-electron chi connectivity index (χ3n) is 4.22. The molecule has 0 atom stereocenters. The minimum absolute atomic E-state index is 0.154. The van der Waals surface area contributed by atoms with Crippen LogP contribution in [0.2, 0.25) is 5.02 Å². The summed E-state index contributed by atoms with van der Waals surface area (Å²) in [7, 11) is -0.936. The molecule has 0 aromatic carbocycles. The Kier molecular flexibility index (Phi) is 3.47. The van der Waals surface area contributed by atoms with Crippen molar-refractivity contribution in [2.45, 2.75) is 45.3 Å². The molecule has 0 spiro atoms. The van der Waals surface area contributed by atoms with Gasteiger partial charge in [-0.05, 0) is 27.7 Å². The minimum Gasteiger partial charge on any atom is -0.399 e. The Morgan fingerprint density at radius 3 is 2.36 bits per heavy atom. The van der Waals surface area contributed by atoms with Gasteiger partial charge in [-0.3, -0.25) is 0 Å². The summed E-state index contributed by atoms with van der Waals surface area (Å²) in [5, 5.41) is 4.20. The van der Waals surface area contributed by atoms with Crippen molar-refractivity contribution in [3.05, 3.63) is 23.1 Å². The molecule has 0 amide bonds. The maximum absolute atomic E-state index is 13.4. The van der Waals surface area contributed by atoms with Crippen LogP contribution in [0.3, 0.4) is 0 Å². The Hall–Kier alpha value is -1.25. The molecular formula is C13H15BClF2N3O2. The summed E-state index contributed by atoms with van der Waals surface area (Å²) >= 11 is 5.90. The molecule has 0 aliphatic carbocycles. The Morgan fingerprint density at radius 2 is 1.82 bits per heavy atom. The second-order valence-corrected chi connectivity index (χ2v) is 6.64. The van der Waals surface area contributed by atoms with Gasteiger partial charge in [0.2, 0.25) is 0 Å². The maximum Gasteiger partial charge on any atom is 0.498 e. The normalized spacial score (nSPS) is 20.3. The number of rotatable bonds is 2. The van der Waals surface area contributed by atoms with E-state index < -0.39 is 30.4 Å². The van der Waals surface area contributed by atoms with E-state index in [4.69, 9.17) is 20.9 Å². The number of aromatic nitrogens is 3. The fourth-order valence-corrected chi connectivity index (χ4v) is 2.41. The van der Waals surface area contributed by atoms with Crippen LogP contribution in [0.4, 0.5) is 8.78 Å². The molecule has 118 valence electrons. The van der Waals surface area contributed by atoms with E-state index in [1.54, 1.807) is 0 Å². The maximum atomic E-state index is 13.4. The first-order valence-electron chi connectivity index (χ1n) is 6.80. The highest BCUT2D eigenvalue weighted by molar-refractivity contribution is 6.62. The van der Waals surface area contributed by atoms with E-state index in [0.717, 1.165) is 0 Å². The largest absolute Gasteiger partial charge is 0.498 e. The number of fused-ring (bicyclic) bond motifs is 1. The predicted molar refractivity (Wildman–Crippen MR) is 78.7 cm³/mol. The third kappa shape index (κ3) is 2.30. The Bertz CT molecular complexity index is 719. The van der Waals surface area contributed by atoms with Crippen molar-refractivity contribution in [3.63, 3.8) is 0 Å². The zero-order valence-electron chi connectivity index (χ0n) is 12.6. The fourth-order valence-electron chi connectivity index (χ4n) is 2.24. The van der Waals surface area contributed by atoms with Gasteiger partial charge in [0, 0.05) is 11.7 Å². The van der Waals surface area contributed by atoms with Crippen LogP contribution in [0, 0.1) is 0 Å². The van der Waals surface area contributed by atoms with E-state index in [9.17, 15) is 8.78 Å². The smallest absolute Gasteiger partial charge is 0.399 e. The summed E-state index contributed by atoms with van der Waals surface area (Å²) in [4.78, 5) is 3.93. The molecule has 1 saturated heterocycles. The van der Waals surface area contributed by atoms with E-state index in [1.807, 2.05) is 27.7 Å². The SMILES string of the molecule is CC1(C)OB(c2cn3ncc(Cl)c3nc2C(F)F)OC1(C)C. The molecule has 22 heavy (non-hydrogen) atoms. The highest BCUT2D eigenvalue weighted by Gasteiger charge is 2.53. The molecule has 1 aliphatic heterocycles. The Morgan fingerprint density at radius 1 is 1.23 bits per heavy atom. The van der Waals surface area contributed by atoms with Gasteiger partial charge < -0.3 is 9.31 Å². The van der Waals surface area contributed by atoms with E-state index >= 15 is 0 Å². The molecule has 0 radical (unpaired) electrons. The Balaban J connectivity index is 2.12. The minimum atomic E-state index is -2.77. The topological polar surface area (TPSA) is 48.7 Å². The molecule has 3 heterocycles. The van der Waals surface area contributed by atoms with Crippen LogP contribution in [0.1, 0.15) is 39.8 Å². The first-order valence-corrected chi connectivity index (χ1v) is 7.17. The monoisotopic (exact) mass is 329 g/mol. The van der Waals surface area contributed by atoms with Gasteiger partial charge in [-0.25, -0.2) is 18.3 Å². The summed E-state index contributed by atoms with van der Waals surface area (Å²) in [6, 6.07) is 0. The predicted octanol–water partition coefficient (Wildman–Crippen LogP) is 2.62. The van der Waals surface area contributed by atoms with Crippen LogP contribution < -0.4 is 5.46 Å². The number of hydrogen-bond acceptors (Lipinski definition) is 4. The zero-order valence-corrected chi connectivity index (χ0v) is 13.4. The van der Waals surface area contributed by atoms with Crippen molar-refractivity contribution in [3.8, 4) is 0 Å². The number of hydrogen-bond donors (Lipinski definition) is 0. The summed E-state index contributed by atoms with van der Waals surface area (Å²) in [5.41, 5.74) is -1.34. The lowest BCUT2D eigenvalue weighted by molar-refractivity contribution is 0.00578. The van der Waals surface area contributed by atoms with Gasteiger partial charge in [0.05, 0.1) is 17.4 Å². The molecule has 0 bridgehead atoms. The second-order valence-electron chi connectivity index (χ2n) is 6.23. The van der Waals surface area contributed by atoms with Crippen LogP contribution in [-0.4, -0.2) is 32.9 Å². The first kappa shape index (κ1) is 15.6. The van der Waals surface area contributed by atoms with Crippen molar-refractivity contribution < 1.29 is 18.1 Å². The summed E-state index contributed by atoms with van der Waals surface area (Å²) < 4.78 is 39.8. The number of alkyl halides is 2. The van der Waals surface area contributed by atoms with Gasteiger partial charge in [0.15, 0.2) is 5.65 Å². The molecule has 2 aromatic rings. The lowest BCUT2D eigenvalue weighted by Crippen LogP contribution is -2.41. The van der Waals surface area contributed by atoms with E-state index in [0.29, 0.717) is 0 Å². The molecule has 0 saturated carbocycles. The van der Waals surface area contributed by atoms with Crippen LogP contribution in [0.25, 0.3) is 5.65 Å². The van der Waals surface area contributed by atoms with Gasteiger partial charge in [0.1, 0.15) is 10.7 Å². The van der Waals surface area contributed by atoms with Crippen molar-refractivity contribution in [2.75, 3.05) is 0 Å². The van der Waals surface area contributed by atoms with Gasteiger partial charge in [-0.1, -0.05) is 11.6 Å². The van der Waals surface area contributed by atoms with Crippen LogP contribution >= 0.6 is 11.6 Å². The standard InChI is InChI=1S/C13H15BClF2N3O2/c1-12(2)13(3,4)22-14(21-12)7-6-20-11(8(15)5-18-20)19-9(7)10(16)17/h5-6,10H,1-4H3. The average molecular weight is 330 g/mol. The van der Waals surface area contributed by atoms with Gasteiger partial charge in [-0.2, -0.15) is 5.10 Å². The molecule has 0 unspecified atom stereocenters. The van der Waals surface area contributed by atoms with E-state index in [-0.39, 0.29) is 16.1 Å². The molecule has 5 nitrogen and oxygen atoms in total. The van der Waals surface area contributed by atoms with Gasteiger partial charge >= 0.3 is 7.12 Å². The Labute approximate surface area is 131 Å². The van der Waals surface area contributed by atoms with Crippen LogP contribution in [0.15, 0.2) is 12.4 Å². The molecule has 1 aliphatic rings. The summed E-state index contributed by atoms with van der Waals surface area (Å²) in [6.07, 6.45) is 0.00959. The van der Waals surface area contributed by atoms with Gasteiger partial charge in [0.25, 0.3) is 6.43 Å². The zero-order chi connectivity index (χ0) is 16.3. The van der Waals surface area contributed by atoms with Crippen LogP contribution in [-0.2, 0) is 9.31 Å². The number of nitrogens with zero attached hydrogens (tertiary/aromatic N) is 3. The summed E-state index contributed by atoms with van der Waals surface area (Å²) in [5.74, 6) is 0. The van der Waals surface area contributed by atoms with Crippen molar-refractivity contribution in [2.24, 2.45) is 0 Å². The lowest BCUT2D eigenvalue weighted by atomic mass is 9.78. The average Bonchev–Trinajstić information content (AvgIpc) is 2.86. The third-order valence-corrected chi connectivity index (χ3v) is 4.49. The molecule has 0 N–H and O–H groups in total. The summed E-state index contributed by atoms with van der Waals surface area (Å²) in [6.45, 7) is 7.41. The van der Waals surface area contributed by atoms with Crippen LogP contribution in [0.5, 0.6) is 0 Å². The molecule has 1 fully saturated rings. The van der Waals surface area contributed by atoms with E-state index in [2.05, 4.69) is 10.1 Å².